The van der Waals surface area contributed by atoms with Gasteiger partial charge >= 0.3 is 0 Å². The van der Waals surface area contributed by atoms with Crippen LogP contribution in [0.4, 0.5) is 4.39 Å². The Hall–Kier alpha value is -1.39. The highest BCUT2D eigenvalue weighted by Gasteiger charge is 2.03. The van der Waals surface area contributed by atoms with E-state index in [-0.39, 0.29) is 5.82 Å². The number of halogens is 1. The molecule has 2 rings (SSSR count). The van der Waals surface area contributed by atoms with Gasteiger partial charge in [-0.25, -0.2) is 9.37 Å². The van der Waals surface area contributed by atoms with Crippen LogP contribution >= 0.6 is 11.8 Å². The summed E-state index contributed by atoms with van der Waals surface area (Å²) < 4.78 is 13.4. The van der Waals surface area contributed by atoms with Gasteiger partial charge < -0.3 is 5.73 Å². The highest BCUT2D eigenvalue weighted by atomic mass is 32.2. The summed E-state index contributed by atoms with van der Waals surface area (Å²) >= 11 is 1.45. The van der Waals surface area contributed by atoms with Gasteiger partial charge in [-0.3, -0.25) is 0 Å². The summed E-state index contributed by atoms with van der Waals surface area (Å²) in [6, 6.07) is 10.7. The Balaban J connectivity index is 2.21. The number of pyridine rings is 1. The minimum atomic E-state index is -0.227. The number of benzene rings is 1. The Labute approximate surface area is 104 Å². The van der Waals surface area contributed by atoms with Gasteiger partial charge in [-0.1, -0.05) is 17.8 Å². The molecule has 1 aromatic carbocycles. The van der Waals surface area contributed by atoms with E-state index in [4.69, 9.17) is 5.73 Å². The summed E-state index contributed by atoms with van der Waals surface area (Å²) in [7, 11) is 0. The standard InChI is InChI=1S/C13H13FN2S/c14-11-7-10(4-5-15)8-12(9-11)17-13-3-1-2-6-16-13/h1-3,6-9H,4-5,15H2. The number of rotatable bonds is 4. The molecular weight excluding hydrogens is 235 g/mol. The van der Waals surface area contributed by atoms with Gasteiger partial charge in [-0.15, -0.1) is 0 Å². The van der Waals surface area contributed by atoms with Gasteiger partial charge in [0.15, 0.2) is 0 Å². The number of nitrogens with two attached hydrogens (primary N) is 1. The van der Waals surface area contributed by atoms with Crippen molar-refractivity contribution in [3.8, 4) is 0 Å². The molecule has 0 saturated heterocycles. The molecule has 4 heteroatoms. The largest absolute Gasteiger partial charge is 0.330 e. The van der Waals surface area contributed by atoms with Gasteiger partial charge in [0.25, 0.3) is 0 Å². The SMILES string of the molecule is NCCc1cc(F)cc(Sc2ccccn2)c1. The van der Waals surface area contributed by atoms with Crippen molar-refractivity contribution in [2.45, 2.75) is 16.3 Å². The molecule has 0 unspecified atom stereocenters. The van der Waals surface area contributed by atoms with Gasteiger partial charge in [0, 0.05) is 11.1 Å². The van der Waals surface area contributed by atoms with Crippen LogP contribution in [0, 0.1) is 5.82 Å². The summed E-state index contributed by atoms with van der Waals surface area (Å²) in [4.78, 5) is 5.05. The first-order chi connectivity index (χ1) is 8.28. The van der Waals surface area contributed by atoms with Crippen LogP contribution in [-0.4, -0.2) is 11.5 Å². The summed E-state index contributed by atoms with van der Waals surface area (Å²) in [6.07, 6.45) is 2.41. The number of nitrogens with zero attached hydrogens (tertiary/aromatic N) is 1. The summed E-state index contributed by atoms with van der Waals surface area (Å²) in [5, 5.41) is 0.858. The summed E-state index contributed by atoms with van der Waals surface area (Å²) in [6.45, 7) is 0.525. The monoisotopic (exact) mass is 248 g/mol. The highest BCUT2D eigenvalue weighted by Crippen LogP contribution is 2.27. The van der Waals surface area contributed by atoms with Crippen molar-refractivity contribution in [2.24, 2.45) is 5.73 Å². The zero-order chi connectivity index (χ0) is 12.1. The summed E-state index contributed by atoms with van der Waals surface area (Å²) in [5.41, 5.74) is 6.39. The molecule has 0 aliphatic carbocycles. The Morgan fingerprint density at radius 3 is 2.82 bits per heavy atom. The molecule has 0 aliphatic rings. The molecule has 17 heavy (non-hydrogen) atoms. The maximum Gasteiger partial charge on any atom is 0.124 e. The van der Waals surface area contributed by atoms with Crippen LogP contribution in [0.25, 0.3) is 0 Å². The Kier molecular flexibility index (Phi) is 4.12. The first-order valence-electron chi connectivity index (χ1n) is 5.36. The van der Waals surface area contributed by atoms with Gasteiger partial charge in [0.1, 0.15) is 10.8 Å². The average molecular weight is 248 g/mol. The second-order valence-corrected chi connectivity index (χ2v) is 4.70. The fraction of sp³-hybridized carbons (Fsp3) is 0.154. The molecule has 0 radical (unpaired) electrons. The predicted octanol–water partition coefficient (Wildman–Crippen LogP) is 2.87. The maximum absolute atomic E-state index is 13.4. The van der Waals surface area contributed by atoms with Crippen LogP contribution in [0.1, 0.15) is 5.56 Å². The van der Waals surface area contributed by atoms with E-state index in [1.165, 1.54) is 23.9 Å². The van der Waals surface area contributed by atoms with Crippen molar-refractivity contribution in [3.63, 3.8) is 0 Å². The molecule has 1 heterocycles. The second-order valence-electron chi connectivity index (χ2n) is 3.60. The molecule has 0 atom stereocenters. The predicted molar refractivity (Wildman–Crippen MR) is 67.5 cm³/mol. The first kappa shape index (κ1) is 12.1. The Morgan fingerprint density at radius 2 is 2.12 bits per heavy atom. The molecule has 0 fully saturated rings. The lowest BCUT2D eigenvalue weighted by molar-refractivity contribution is 0.621. The van der Waals surface area contributed by atoms with Gasteiger partial charge in [-0.2, -0.15) is 0 Å². The lowest BCUT2D eigenvalue weighted by Gasteiger charge is -2.04. The molecular formula is C13H13FN2S. The van der Waals surface area contributed by atoms with Gasteiger partial charge in [-0.05, 0) is 48.9 Å². The maximum atomic E-state index is 13.4. The smallest absolute Gasteiger partial charge is 0.124 e. The zero-order valence-corrected chi connectivity index (χ0v) is 10.1. The molecule has 2 nitrogen and oxygen atoms in total. The van der Waals surface area contributed by atoms with E-state index >= 15 is 0 Å². The molecule has 1 aromatic heterocycles. The molecule has 0 aliphatic heterocycles. The van der Waals surface area contributed by atoms with Gasteiger partial charge in [0.05, 0.1) is 0 Å². The first-order valence-corrected chi connectivity index (χ1v) is 6.18. The topological polar surface area (TPSA) is 38.9 Å². The van der Waals surface area contributed by atoms with E-state index in [1.54, 1.807) is 6.20 Å². The van der Waals surface area contributed by atoms with E-state index in [0.717, 1.165) is 15.5 Å². The second kappa shape index (κ2) is 5.80. The van der Waals surface area contributed by atoms with Crippen molar-refractivity contribution in [2.75, 3.05) is 6.54 Å². The van der Waals surface area contributed by atoms with Crippen LogP contribution in [0.3, 0.4) is 0 Å². The van der Waals surface area contributed by atoms with Crippen LogP contribution in [0.15, 0.2) is 52.5 Å². The fourth-order valence-electron chi connectivity index (χ4n) is 1.52. The zero-order valence-electron chi connectivity index (χ0n) is 9.27. The third kappa shape index (κ3) is 3.54. The van der Waals surface area contributed by atoms with Crippen molar-refractivity contribution >= 4 is 11.8 Å². The quantitative estimate of drug-likeness (QED) is 0.904. The number of hydrogen-bond donors (Lipinski definition) is 1. The molecule has 0 amide bonds. The highest BCUT2D eigenvalue weighted by molar-refractivity contribution is 7.99. The molecule has 2 aromatic rings. The lowest BCUT2D eigenvalue weighted by atomic mass is 10.1. The minimum Gasteiger partial charge on any atom is -0.330 e. The Bertz CT molecular complexity index is 488. The van der Waals surface area contributed by atoms with E-state index in [0.29, 0.717) is 13.0 Å². The molecule has 2 N–H and O–H groups in total. The molecule has 0 spiro atoms. The van der Waals surface area contributed by atoms with E-state index in [1.807, 2.05) is 24.3 Å². The van der Waals surface area contributed by atoms with E-state index in [9.17, 15) is 4.39 Å². The van der Waals surface area contributed by atoms with E-state index in [2.05, 4.69) is 4.98 Å². The van der Waals surface area contributed by atoms with Crippen molar-refractivity contribution < 1.29 is 4.39 Å². The fourth-order valence-corrected chi connectivity index (χ4v) is 2.40. The Morgan fingerprint density at radius 1 is 1.24 bits per heavy atom. The third-order valence-electron chi connectivity index (χ3n) is 2.22. The van der Waals surface area contributed by atoms with Crippen molar-refractivity contribution in [3.05, 3.63) is 54.0 Å². The van der Waals surface area contributed by atoms with Crippen LogP contribution in [0.5, 0.6) is 0 Å². The van der Waals surface area contributed by atoms with Crippen molar-refractivity contribution in [1.82, 2.24) is 4.98 Å². The van der Waals surface area contributed by atoms with E-state index < -0.39 is 0 Å². The number of aromatic nitrogens is 1. The van der Waals surface area contributed by atoms with Crippen molar-refractivity contribution in [1.29, 1.82) is 0 Å². The average Bonchev–Trinajstić information content (AvgIpc) is 2.30. The number of hydrogen-bond acceptors (Lipinski definition) is 3. The van der Waals surface area contributed by atoms with Crippen LogP contribution in [0.2, 0.25) is 0 Å². The molecule has 88 valence electrons. The van der Waals surface area contributed by atoms with Crippen LogP contribution in [-0.2, 0) is 6.42 Å². The lowest BCUT2D eigenvalue weighted by Crippen LogP contribution is -2.03. The molecule has 0 bridgehead atoms. The van der Waals surface area contributed by atoms with Crippen LogP contribution < -0.4 is 5.73 Å². The summed E-state index contributed by atoms with van der Waals surface area (Å²) in [5.74, 6) is -0.227. The minimum absolute atomic E-state index is 0.227. The molecule has 0 saturated carbocycles. The normalized spacial score (nSPS) is 10.5. The van der Waals surface area contributed by atoms with Gasteiger partial charge in [0.2, 0.25) is 0 Å². The third-order valence-corrected chi connectivity index (χ3v) is 3.15.